The highest BCUT2D eigenvalue weighted by atomic mass is 127. The standard InChI is InChI=1S/C18H28N4OS.HI/c1-18(2)14-22(10-11-24-18)17(20-13-16(23)21(3)4)19-12-15-8-6-5-7-9-15;/h5-9H,10-14H2,1-4H3,(H,19,20);1H. The van der Waals surface area contributed by atoms with Gasteiger partial charge < -0.3 is 15.1 Å². The quantitative estimate of drug-likeness (QED) is 0.413. The molecule has 1 aliphatic heterocycles. The van der Waals surface area contributed by atoms with E-state index < -0.39 is 0 Å². The molecular formula is C18H29IN4OS. The van der Waals surface area contributed by atoms with E-state index in [-0.39, 0.29) is 41.2 Å². The van der Waals surface area contributed by atoms with E-state index in [1.807, 2.05) is 30.0 Å². The predicted molar refractivity (Wildman–Crippen MR) is 118 cm³/mol. The average molecular weight is 476 g/mol. The second-order valence-corrected chi connectivity index (χ2v) is 8.60. The molecule has 7 heteroatoms. The number of aliphatic imine (C=N–C) groups is 1. The van der Waals surface area contributed by atoms with Crippen molar-refractivity contribution in [2.24, 2.45) is 4.99 Å². The summed E-state index contributed by atoms with van der Waals surface area (Å²) in [5.74, 6) is 1.94. The van der Waals surface area contributed by atoms with Crippen molar-refractivity contribution in [3.05, 3.63) is 35.9 Å². The van der Waals surface area contributed by atoms with Gasteiger partial charge in [0.1, 0.15) is 0 Å². The van der Waals surface area contributed by atoms with E-state index >= 15 is 0 Å². The molecule has 1 aromatic rings. The summed E-state index contributed by atoms with van der Waals surface area (Å²) in [6, 6.07) is 10.2. The Bertz CT molecular complexity index is 578. The van der Waals surface area contributed by atoms with Crippen molar-refractivity contribution in [3.8, 4) is 0 Å². The Balaban J connectivity index is 0.00000312. The Hall–Kier alpha value is -0.960. The van der Waals surface area contributed by atoms with E-state index in [4.69, 9.17) is 4.99 Å². The molecule has 0 bridgehead atoms. The first kappa shape index (κ1) is 22.1. The lowest BCUT2D eigenvalue weighted by Crippen LogP contribution is -2.52. The number of hydrogen-bond donors (Lipinski definition) is 1. The molecule has 1 heterocycles. The van der Waals surface area contributed by atoms with Crippen LogP contribution in [-0.4, -0.2) is 65.9 Å². The third-order valence-electron chi connectivity index (χ3n) is 3.88. The number of nitrogens with zero attached hydrogens (tertiary/aromatic N) is 3. The smallest absolute Gasteiger partial charge is 0.241 e. The zero-order valence-corrected chi connectivity index (χ0v) is 18.6. The lowest BCUT2D eigenvalue weighted by Gasteiger charge is -2.39. The number of thioether (sulfide) groups is 1. The summed E-state index contributed by atoms with van der Waals surface area (Å²) in [5, 5.41) is 3.25. The highest BCUT2D eigenvalue weighted by Gasteiger charge is 2.29. The van der Waals surface area contributed by atoms with Crippen LogP contribution in [0.5, 0.6) is 0 Å². The van der Waals surface area contributed by atoms with E-state index in [1.54, 1.807) is 19.0 Å². The van der Waals surface area contributed by atoms with Gasteiger partial charge in [-0.15, -0.1) is 24.0 Å². The van der Waals surface area contributed by atoms with Crippen LogP contribution in [0.2, 0.25) is 0 Å². The van der Waals surface area contributed by atoms with Crippen LogP contribution in [0.1, 0.15) is 19.4 Å². The summed E-state index contributed by atoms with van der Waals surface area (Å²) in [6.45, 7) is 7.26. The lowest BCUT2D eigenvalue weighted by molar-refractivity contribution is -0.127. The molecular weight excluding hydrogens is 447 g/mol. The normalized spacial score (nSPS) is 16.8. The molecule has 0 aromatic heterocycles. The van der Waals surface area contributed by atoms with E-state index in [9.17, 15) is 4.79 Å². The van der Waals surface area contributed by atoms with Gasteiger partial charge in [0.25, 0.3) is 0 Å². The number of carbonyl (C=O) groups excluding carboxylic acids is 1. The van der Waals surface area contributed by atoms with Gasteiger partial charge in [-0.3, -0.25) is 4.79 Å². The molecule has 1 fully saturated rings. The van der Waals surface area contributed by atoms with Gasteiger partial charge in [0.05, 0.1) is 13.1 Å². The lowest BCUT2D eigenvalue weighted by atomic mass is 10.2. The average Bonchev–Trinajstić information content (AvgIpc) is 2.54. The van der Waals surface area contributed by atoms with Crippen molar-refractivity contribution in [3.63, 3.8) is 0 Å². The fourth-order valence-electron chi connectivity index (χ4n) is 2.53. The van der Waals surface area contributed by atoms with Gasteiger partial charge in [-0.2, -0.15) is 11.8 Å². The van der Waals surface area contributed by atoms with Crippen LogP contribution in [-0.2, 0) is 11.3 Å². The van der Waals surface area contributed by atoms with Crippen molar-refractivity contribution in [1.82, 2.24) is 15.1 Å². The van der Waals surface area contributed by atoms with Gasteiger partial charge in [0, 0.05) is 37.7 Å². The van der Waals surface area contributed by atoms with Crippen LogP contribution >= 0.6 is 35.7 Å². The Labute approximate surface area is 172 Å². The van der Waals surface area contributed by atoms with Crippen LogP contribution in [0, 0.1) is 0 Å². The second-order valence-electron chi connectivity index (χ2n) is 6.80. The maximum atomic E-state index is 11.9. The molecule has 1 N–H and O–H groups in total. The van der Waals surface area contributed by atoms with Gasteiger partial charge >= 0.3 is 0 Å². The number of amides is 1. The van der Waals surface area contributed by atoms with Crippen LogP contribution in [0.25, 0.3) is 0 Å². The van der Waals surface area contributed by atoms with Crippen molar-refractivity contribution in [2.75, 3.05) is 39.5 Å². The number of carbonyl (C=O) groups is 1. The van der Waals surface area contributed by atoms with Crippen LogP contribution in [0.3, 0.4) is 0 Å². The van der Waals surface area contributed by atoms with Crippen molar-refractivity contribution in [1.29, 1.82) is 0 Å². The summed E-state index contributed by atoms with van der Waals surface area (Å²) in [4.78, 5) is 20.5. The minimum Gasteiger partial charge on any atom is -0.347 e. The second kappa shape index (κ2) is 10.3. The van der Waals surface area contributed by atoms with Gasteiger partial charge in [0.15, 0.2) is 5.96 Å². The molecule has 0 radical (unpaired) electrons. The fraction of sp³-hybridized carbons (Fsp3) is 0.556. The molecule has 1 amide bonds. The van der Waals surface area contributed by atoms with E-state index in [0.717, 1.165) is 24.8 Å². The van der Waals surface area contributed by atoms with Crippen molar-refractivity contribution < 1.29 is 4.79 Å². The molecule has 5 nitrogen and oxygen atoms in total. The van der Waals surface area contributed by atoms with Crippen LogP contribution in [0.15, 0.2) is 35.3 Å². The van der Waals surface area contributed by atoms with E-state index in [2.05, 4.69) is 36.2 Å². The van der Waals surface area contributed by atoms with Crippen LogP contribution < -0.4 is 5.32 Å². The summed E-state index contributed by atoms with van der Waals surface area (Å²) < 4.78 is 0.193. The monoisotopic (exact) mass is 476 g/mol. The third kappa shape index (κ3) is 7.43. The summed E-state index contributed by atoms with van der Waals surface area (Å²) >= 11 is 1.99. The van der Waals surface area contributed by atoms with E-state index in [1.165, 1.54) is 5.56 Å². The van der Waals surface area contributed by atoms with Crippen molar-refractivity contribution >= 4 is 47.6 Å². The number of hydrogen-bond acceptors (Lipinski definition) is 3. The molecule has 140 valence electrons. The topological polar surface area (TPSA) is 47.9 Å². The molecule has 0 unspecified atom stereocenters. The van der Waals surface area contributed by atoms with Crippen molar-refractivity contribution in [2.45, 2.75) is 25.1 Å². The molecule has 2 rings (SSSR count). The molecule has 0 spiro atoms. The maximum Gasteiger partial charge on any atom is 0.241 e. The first-order valence-corrected chi connectivity index (χ1v) is 9.27. The number of guanidine groups is 1. The summed E-state index contributed by atoms with van der Waals surface area (Å²) in [6.07, 6.45) is 0. The number of rotatable bonds is 4. The Morgan fingerprint density at radius 1 is 1.32 bits per heavy atom. The molecule has 0 atom stereocenters. The third-order valence-corrected chi connectivity index (χ3v) is 5.17. The Kier molecular flexibility index (Phi) is 9.06. The highest BCUT2D eigenvalue weighted by molar-refractivity contribution is 14.0. The molecule has 1 saturated heterocycles. The molecule has 1 aromatic carbocycles. The number of likely N-dealkylation sites (N-methyl/N-ethyl adjacent to an activating group) is 1. The molecule has 0 saturated carbocycles. The molecule has 25 heavy (non-hydrogen) atoms. The zero-order valence-electron chi connectivity index (χ0n) is 15.5. The number of benzene rings is 1. The number of nitrogens with one attached hydrogen (secondary N) is 1. The summed E-state index contributed by atoms with van der Waals surface area (Å²) in [7, 11) is 3.54. The van der Waals surface area contributed by atoms with Gasteiger partial charge in [0.2, 0.25) is 5.91 Å². The van der Waals surface area contributed by atoms with Crippen LogP contribution in [0.4, 0.5) is 0 Å². The van der Waals surface area contributed by atoms with Gasteiger partial charge in [-0.1, -0.05) is 30.3 Å². The minimum absolute atomic E-state index is 0. The van der Waals surface area contributed by atoms with E-state index in [0.29, 0.717) is 6.54 Å². The Morgan fingerprint density at radius 3 is 2.60 bits per heavy atom. The number of halogens is 1. The van der Waals surface area contributed by atoms with Gasteiger partial charge in [-0.05, 0) is 19.4 Å². The SMILES string of the molecule is CN(C)C(=O)CNC(=NCc1ccccc1)N1CCSC(C)(C)C1.I. The largest absolute Gasteiger partial charge is 0.347 e. The highest BCUT2D eigenvalue weighted by Crippen LogP contribution is 2.29. The van der Waals surface area contributed by atoms with Gasteiger partial charge in [-0.25, -0.2) is 4.99 Å². The fourth-order valence-corrected chi connectivity index (χ4v) is 3.64. The maximum absolute atomic E-state index is 11.9. The molecule has 1 aliphatic rings. The summed E-state index contributed by atoms with van der Waals surface area (Å²) in [5.41, 5.74) is 1.17. The minimum atomic E-state index is 0. The Morgan fingerprint density at radius 2 is 2.00 bits per heavy atom. The first-order chi connectivity index (χ1) is 11.4. The predicted octanol–water partition coefficient (Wildman–Crippen LogP) is 2.67. The zero-order chi connectivity index (χ0) is 17.6. The first-order valence-electron chi connectivity index (χ1n) is 8.29. The molecule has 0 aliphatic carbocycles.